The molecule has 0 saturated heterocycles. The maximum atomic E-state index is 12.3. The maximum Gasteiger partial charge on any atom is 0.307 e. The van der Waals surface area contributed by atoms with Gasteiger partial charge in [-0.15, -0.1) is 0 Å². The van der Waals surface area contributed by atoms with Crippen molar-refractivity contribution in [1.29, 1.82) is 0 Å². The van der Waals surface area contributed by atoms with E-state index >= 15 is 0 Å². The summed E-state index contributed by atoms with van der Waals surface area (Å²) in [5.41, 5.74) is 3.46. The van der Waals surface area contributed by atoms with E-state index in [9.17, 15) is 14.4 Å². The Kier molecular flexibility index (Phi) is 6.41. The minimum Gasteiger partial charge on any atom is -0.453 e. The number of anilines is 1. The number of fused-ring (bicyclic) bond motifs is 1. The molecule has 1 aromatic heterocycles. The molecule has 2 aromatic rings. The Morgan fingerprint density at radius 3 is 2.75 bits per heavy atom. The number of aryl methyl sites for hydroxylation is 2. The van der Waals surface area contributed by atoms with Gasteiger partial charge >= 0.3 is 5.97 Å². The lowest BCUT2D eigenvalue weighted by Gasteiger charge is -2.14. The van der Waals surface area contributed by atoms with E-state index in [1.165, 1.54) is 24.2 Å². The molecular formula is C21H21ClN2O4. The zero-order chi connectivity index (χ0) is 20.1. The molecule has 0 aliphatic heterocycles. The second kappa shape index (κ2) is 8.97. The van der Waals surface area contributed by atoms with Crippen LogP contribution in [0.3, 0.4) is 0 Å². The molecular weight excluding hydrogens is 380 g/mol. The predicted octanol–water partition coefficient (Wildman–Crippen LogP) is 3.76. The van der Waals surface area contributed by atoms with Crippen LogP contribution in [0, 0.1) is 0 Å². The summed E-state index contributed by atoms with van der Waals surface area (Å²) in [6, 6.07) is 8.94. The average Bonchev–Trinajstić information content (AvgIpc) is 3.15. The van der Waals surface area contributed by atoms with Gasteiger partial charge in [0.15, 0.2) is 17.0 Å². The van der Waals surface area contributed by atoms with Crippen LogP contribution in [-0.2, 0) is 27.2 Å². The Morgan fingerprint density at radius 1 is 1.18 bits per heavy atom. The fraction of sp³-hybridized carbons (Fsp3) is 0.333. The Hall–Kier alpha value is -2.73. The molecule has 146 valence electrons. The summed E-state index contributed by atoms with van der Waals surface area (Å²) in [7, 11) is 0. The van der Waals surface area contributed by atoms with Crippen LogP contribution >= 0.6 is 11.6 Å². The highest BCUT2D eigenvalue weighted by molar-refractivity contribution is 6.32. The number of hydrogen-bond acceptors (Lipinski definition) is 5. The van der Waals surface area contributed by atoms with Gasteiger partial charge in [0.1, 0.15) is 0 Å². The van der Waals surface area contributed by atoms with Crippen LogP contribution in [0.1, 0.15) is 47.7 Å². The van der Waals surface area contributed by atoms with Gasteiger partial charge in [-0.25, -0.2) is 4.98 Å². The summed E-state index contributed by atoms with van der Waals surface area (Å²) in [6.45, 7) is 1.46. The molecule has 0 fully saturated rings. The summed E-state index contributed by atoms with van der Waals surface area (Å²) < 4.78 is 5.12. The number of halogens is 1. The highest BCUT2D eigenvalue weighted by Gasteiger charge is 2.20. The van der Waals surface area contributed by atoms with Crippen LogP contribution in [0.15, 0.2) is 36.5 Å². The highest BCUT2D eigenvalue weighted by Crippen LogP contribution is 2.23. The number of ketones is 1. The van der Waals surface area contributed by atoms with Crippen LogP contribution in [-0.4, -0.2) is 28.7 Å². The number of nitrogens with one attached hydrogen (secondary N) is 1. The average molecular weight is 401 g/mol. The number of carbonyl (C=O) groups excluding carboxylic acids is 3. The van der Waals surface area contributed by atoms with Gasteiger partial charge in [-0.2, -0.15) is 0 Å². The molecule has 28 heavy (non-hydrogen) atoms. The van der Waals surface area contributed by atoms with Crippen LogP contribution < -0.4 is 5.32 Å². The number of ether oxygens (including phenoxy) is 1. The smallest absolute Gasteiger partial charge is 0.307 e. The normalized spacial score (nSPS) is 13.5. The van der Waals surface area contributed by atoms with Crippen molar-refractivity contribution in [3.63, 3.8) is 0 Å². The SMILES string of the molecule is CC(OC(=O)CCC(=O)c1ccc2c(c1)CCC2)C(=O)Nc1cccnc1Cl. The molecule has 1 aliphatic carbocycles. The van der Waals surface area contributed by atoms with Gasteiger partial charge < -0.3 is 10.1 Å². The Balaban J connectivity index is 1.47. The number of aromatic nitrogens is 1. The van der Waals surface area contributed by atoms with Gasteiger partial charge in [0.05, 0.1) is 12.1 Å². The summed E-state index contributed by atoms with van der Waals surface area (Å²) >= 11 is 5.89. The van der Waals surface area contributed by atoms with Crippen molar-refractivity contribution < 1.29 is 19.1 Å². The third kappa shape index (κ3) is 4.95. The number of pyridine rings is 1. The van der Waals surface area contributed by atoms with Crippen molar-refractivity contribution in [1.82, 2.24) is 4.98 Å². The molecule has 1 N–H and O–H groups in total. The number of esters is 1. The van der Waals surface area contributed by atoms with E-state index in [-0.39, 0.29) is 23.8 Å². The van der Waals surface area contributed by atoms with Crippen molar-refractivity contribution in [2.45, 2.75) is 45.1 Å². The first-order valence-electron chi connectivity index (χ1n) is 9.20. The van der Waals surface area contributed by atoms with Crippen LogP contribution in [0.4, 0.5) is 5.69 Å². The molecule has 1 aliphatic rings. The number of carbonyl (C=O) groups is 3. The number of benzene rings is 1. The van der Waals surface area contributed by atoms with Gasteiger partial charge in [-0.05, 0) is 55.5 Å². The van der Waals surface area contributed by atoms with E-state index in [0.717, 1.165) is 19.3 Å². The summed E-state index contributed by atoms with van der Waals surface area (Å²) in [5.74, 6) is -1.23. The molecule has 0 saturated carbocycles. The van der Waals surface area contributed by atoms with E-state index in [4.69, 9.17) is 16.3 Å². The second-order valence-corrected chi connectivity index (χ2v) is 7.08. The van der Waals surface area contributed by atoms with E-state index in [1.807, 2.05) is 18.2 Å². The number of Topliss-reactive ketones (excluding diaryl/α,β-unsaturated/α-hetero) is 1. The fourth-order valence-corrected chi connectivity index (χ4v) is 3.30. The topological polar surface area (TPSA) is 85.4 Å². The van der Waals surface area contributed by atoms with Gasteiger partial charge in [0, 0.05) is 18.2 Å². The summed E-state index contributed by atoms with van der Waals surface area (Å²) in [5, 5.41) is 2.70. The molecule has 1 heterocycles. The number of nitrogens with zero attached hydrogens (tertiary/aromatic N) is 1. The Labute approximate surface area is 168 Å². The monoisotopic (exact) mass is 400 g/mol. The van der Waals surface area contributed by atoms with Crippen molar-refractivity contribution in [2.24, 2.45) is 0 Å². The van der Waals surface area contributed by atoms with Gasteiger partial charge in [-0.3, -0.25) is 14.4 Å². The third-order valence-corrected chi connectivity index (χ3v) is 4.97. The van der Waals surface area contributed by atoms with E-state index in [1.54, 1.807) is 12.1 Å². The fourth-order valence-electron chi connectivity index (χ4n) is 3.13. The molecule has 3 rings (SSSR count). The number of rotatable bonds is 7. The summed E-state index contributed by atoms with van der Waals surface area (Å²) in [6.07, 6.45) is 3.61. The minimum absolute atomic E-state index is 0.0421. The minimum atomic E-state index is -1.01. The lowest BCUT2D eigenvalue weighted by atomic mass is 10.0. The third-order valence-electron chi connectivity index (χ3n) is 4.67. The molecule has 1 amide bonds. The quantitative estimate of drug-likeness (QED) is 0.434. The Bertz CT molecular complexity index is 913. The molecule has 0 radical (unpaired) electrons. The first kappa shape index (κ1) is 20.0. The molecule has 6 nitrogen and oxygen atoms in total. The number of hydrogen-bond donors (Lipinski definition) is 1. The maximum absolute atomic E-state index is 12.3. The van der Waals surface area contributed by atoms with Crippen molar-refractivity contribution in [2.75, 3.05) is 5.32 Å². The predicted molar refractivity (Wildman–Crippen MR) is 105 cm³/mol. The van der Waals surface area contributed by atoms with Crippen LogP contribution in [0.2, 0.25) is 5.15 Å². The highest BCUT2D eigenvalue weighted by atomic mass is 35.5. The zero-order valence-electron chi connectivity index (χ0n) is 15.5. The first-order chi connectivity index (χ1) is 13.4. The van der Waals surface area contributed by atoms with E-state index in [2.05, 4.69) is 10.3 Å². The van der Waals surface area contributed by atoms with E-state index in [0.29, 0.717) is 11.3 Å². The lowest BCUT2D eigenvalue weighted by molar-refractivity contribution is -0.153. The second-order valence-electron chi connectivity index (χ2n) is 6.72. The molecule has 7 heteroatoms. The molecule has 1 atom stereocenters. The van der Waals surface area contributed by atoms with Gasteiger partial charge in [0.25, 0.3) is 5.91 Å². The molecule has 0 bridgehead atoms. The van der Waals surface area contributed by atoms with Crippen molar-refractivity contribution in [3.8, 4) is 0 Å². The standard InChI is InChI=1S/C21H21ClN2O4/c1-13(21(27)24-17-6-3-11-23-20(17)22)28-19(26)10-9-18(25)16-8-7-14-4-2-5-15(14)12-16/h3,6-8,11-13H,2,4-5,9-10H2,1H3,(H,24,27). The van der Waals surface area contributed by atoms with Crippen molar-refractivity contribution in [3.05, 3.63) is 58.4 Å². The van der Waals surface area contributed by atoms with Crippen LogP contribution in [0.25, 0.3) is 0 Å². The summed E-state index contributed by atoms with van der Waals surface area (Å²) in [4.78, 5) is 40.3. The van der Waals surface area contributed by atoms with Gasteiger partial charge in [-0.1, -0.05) is 23.7 Å². The molecule has 1 aromatic carbocycles. The van der Waals surface area contributed by atoms with Gasteiger partial charge in [0.2, 0.25) is 0 Å². The lowest BCUT2D eigenvalue weighted by Crippen LogP contribution is -2.30. The van der Waals surface area contributed by atoms with Crippen molar-refractivity contribution >= 4 is 34.9 Å². The number of amides is 1. The first-order valence-corrected chi connectivity index (χ1v) is 9.57. The molecule has 0 spiro atoms. The van der Waals surface area contributed by atoms with Crippen LogP contribution in [0.5, 0.6) is 0 Å². The molecule has 1 unspecified atom stereocenters. The Morgan fingerprint density at radius 2 is 1.96 bits per heavy atom. The zero-order valence-corrected chi connectivity index (χ0v) is 16.3. The van der Waals surface area contributed by atoms with E-state index < -0.39 is 18.0 Å². The largest absolute Gasteiger partial charge is 0.453 e.